The van der Waals surface area contributed by atoms with Gasteiger partial charge < -0.3 is 14.4 Å². The van der Waals surface area contributed by atoms with E-state index in [2.05, 4.69) is 5.10 Å². The van der Waals surface area contributed by atoms with E-state index < -0.39 is 5.60 Å². The number of aromatic nitrogens is 5. The fourth-order valence-electron chi connectivity index (χ4n) is 3.56. The average Bonchev–Trinajstić information content (AvgIpc) is 3.29. The molecule has 0 saturated heterocycles. The zero-order valence-electron chi connectivity index (χ0n) is 17.3. The molecular weight excluding hydrogens is 366 g/mol. The number of hydrogen-bond acceptors (Lipinski definition) is 5. The van der Waals surface area contributed by atoms with E-state index in [0.29, 0.717) is 12.3 Å². The van der Waals surface area contributed by atoms with Gasteiger partial charge >= 0.3 is 0 Å². The third-order valence-corrected chi connectivity index (χ3v) is 4.81. The molecule has 4 rings (SSSR count). The molecule has 0 aliphatic rings. The molecule has 0 unspecified atom stereocenters. The summed E-state index contributed by atoms with van der Waals surface area (Å²) < 4.78 is 9.41. The van der Waals surface area contributed by atoms with Crippen LogP contribution in [0.15, 0.2) is 42.9 Å². The van der Waals surface area contributed by atoms with Crippen LogP contribution in [0.1, 0.15) is 25.1 Å². The van der Waals surface area contributed by atoms with E-state index in [0.717, 1.165) is 39.4 Å². The lowest BCUT2D eigenvalue weighted by atomic mass is 10.1. The molecule has 0 aliphatic heterocycles. The van der Waals surface area contributed by atoms with E-state index in [1.54, 1.807) is 31.8 Å². The predicted octanol–water partition coefficient (Wildman–Crippen LogP) is 3.68. The Morgan fingerprint density at radius 2 is 1.97 bits per heavy atom. The molecule has 0 aliphatic carbocycles. The highest BCUT2D eigenvalue weighted by atomic mass is 16.5. The van der Waals surface area contributed by atoms with E-state index in [1.165, 1.54) is 0 Å². The van der Waals surface area contributed by atoms with Gasteiger partial charge in [0.2, 0.25) is 0 Å². The van der Waals surface area contributed by atoms with Crippen molar-refractivity contribution < 1.29 is 9.84 Å². The minimum absolute atomic E-state index is 0.451. The van der Waals surface area contributed by atoms with Crippen LogP contribution in [0.4, 0.5) is 0 Å². The Morgan fingerprint density at radius 1 is 1.17 bits per heavy atom. The van der Waals surface area contributed by atoms with Gasteiger partial charge in [-0.05, 0) is 51.5 Å². The number of rotatable bonds is 5. The molecule has 0 amide bonds. The Labute approximate surface area is 169 Å². The van der Waals surface area contributed by atoms with Gasteiger partial charge in [-0.25, -0.2) is 14.6 Å². The smallest absolute Gasteiger partial charge is 0.159 e. The summed E-state index contributed by atoms with van der Waals surface area (Å²) in [6.45, 7) is 7.98. The van der Waals surface area contributed by atoms with Gasteiger partial charge in [-0.1, -0.05) is 0 Å². The fraction of sp³-hybridized carbons (Fsp3) is 0.318. The minimum atomic E-state index is -0.835. The van der Waals surface area contributed by atoms with Crippen LogP contribution in [0.3, 0.4) is 0 Å². The summed E-state index contributed by atoms with van der Waals surface area (Å²) in [6.07, 6.45) is 5.62. The largest absolute Gasteiger partial charge is 0.496 e. The molecule has 1 aromatic carbocycles. The normalized spacial score (nSPS) is 11.9. The van der Waals surface area contributed by atoms with Gasteiger partial charge in [0, 0.05) is 30.2 Å². The van der Waals surface area contributed by atoms with Gasteiger partial charge in [0.05, 0.1) is 36.3 Å². The highest BCUT2D eigenvalue weighted by molar-refractivity contribution is 5.81. The molecule has 1 N–H and O–H groups in total. The lowest BCUT2D eigenvalue weighted by molar-refractivity contribution is 0.0626. The summed E-state index contributed by atoms with van der Waals surface area (Å²) in [5, 5.41) is 14.5. The molecule has 150 valence electrons. The van der Waals surface area contributed by atoms with E-state index in [4.69, 9.17) is 14.7 Å². The molecule has 4 aromatic rings. The monoisotopic (exact) mass is 391 g/mol. The van der Waals surface area contributed by atoms with Crippen molar-refractivity contribution >= 4 is 11.2 Å². The van der Waals surface area contributed by atoms with E-state index >= 15 is 0 Å². The Kier molecular flexibility index (Phi) is 4.62. The van der Waals surface area contributed by atoms with Crippen molar-refractivity contribution in [3.63, 3.8) is 0 Å². The Balaban J connectivity index is 1.84. The number of methoxy groups -OCH3 is 1. The van der Waals surface area contributed by atoms with Crippen molar-refractivity contribution in [2.45, 2.75) is 39.8 Å². The summed E-state index contributed by atoms with van der Waals surface area (Å²) in [5.41, 5.74) is 5.16. The van der Waals surface area contributed by atoms with E-state index in [9.17, 15) is 5.11 Å². The first-order valence-electron chi connectivity index (χ1n) is 9.52. The average molecular weight is 391 g/mol. The zero-order chi connectivity index (χ0) is 20.8. The van der Waals surface area contributed by atoms with Crippen LogP contribution in [-0.2, 0) is 6.54 Å². The molecular formula is C22H25N5O2. The zero-order valence-corrected chi connectivity index (χ0v) is 17.3. The van der Waals surface area contributed by atoms with Crippen molar-refractivity contribution in [2.75, 3.05) is 7.11 Å². The maximum absolute atomic E-state index is 10.2. The minimum Gasteiger partial charge on any atom is -0.496 e. The van der Waals surface area contributed by atoms with Crippen LogP contribution in [0, 0.1) is 13.8 Å². The van der Waals surface area contributed by atoms with Crippen LogP contribution in [0.2, 0.25) is 0 Å². The van der Waals surface area contributed by atoms with Crippen LogP contribution in [0.25, 0.3) is 28.1 Å². The highest BCUT2D eigenvalue weighted by Gasteiger charge is 2.20. The second kappa shape index (κ2) is 7.00. The van der Waals surface area contributed by atoms with Crippen LogP contribution in [-0.4, -0.2) is 42.1 Å². The standard InChI is InChI=1S/C22H25N5O2/c1-14-12-26(13-22(3,4)28)21-19(14)25-20(15(2)24-21)17-8-7-16(11-18(17)29-5)27-10-6-9-23-27/h6-12,28H,13H2,1-5H3. The summed E-state index contributed by atoms with van der Waals surface area (Å²) in [5.74, 6) is 0.711. The predicted molar refractivity (Wildman–Crippen MR) is 112 cm³/mol. The van der Waals surface area contributed by atoms with Gasteiger partial charge in [-0.2, -0.15) is 5.10 Å². The number of benzene rings is 1. The molecule has 0 radical (unpaired) electrons. The van der Waals surface area contributed by atoms with Crippen molar-refractivity contribution in [1.82, 2.24) is 24.3 Å². The van der Waals surface area contributed by atoms with Crippen molar-refractivity contribution in [3.8, 4) is 22.7 Å². The third kappa shape index (κ3) is 3.61. The second-order valence-corrected chi connectivity index (χ2v) is 7.92. The van der Waals surface area contributed by atoms with Crippen LogP contribution in [0.5, 0.6) is 5.75 Å². The van der Waals surface area contributed by atoms with Gasteiger partial charge in [0.1, 0.15) is 11.3 Å². The van der Waals surface area contributed by atoms with Crippen molar-refractivity contribution in [1.29, 1.82) is 0 Å². The number of ether oxygens (including phenoxy) is 1. The molecule has 29 heavy (non-hydrogen) atoms. The molecule has 3 aromatic heterocycles. The third-order valence-electron chi connectivity index (χ3n) is 4.81. The fourth-order valence-corrected chi connectivity index (χ4v) is 3.56. The van der Waals surface area contributed by atoms with Crippen LogP contribution < -0.4 is 4.74 Å². The number of fused-ring (bicyclic) bond motifs is 1. The highest BCUT2D eigenvalue weighted by Crippen LogP contribution is 2.34. The molecule has 0 atom stereocenters. The van der Waals surface area contributed by atoms with Gasteiger partial charge in [-0.15, -0.1) is 0 Å². The molecule has 0 spiro atoms. The Morgan fingerprint density at radius 3 is 2.62 bits per heavy atom. The van der Waals surface area contributed by atoms with Gasteiger partial charge in [0.15, 0.2) is 5.65 Å². The number of hydrogen-bond donors (Lipinski definition) is 1. The number of aryl methyl sites for hydroxylation is 2. The first kappa shape index (κ1) is 19.1. The van der Waals surface area contributed by atoms with Crippen molar-refractivity contribution in [2.24, 2.45) is 0 Å². The maximum Gasteiger partial charge on any atom is 0.159 e. The van der Waals surface area contributed by atoms with Gasteiger partial charge in [-0.3, -0.25) is 0 Å². The topological polar surface area (TPSA) is 78.0 Å². The first-order valence-corrected chi connectivity index (χ1v) is 9.52. The summed E-state index contributed by atoms with van der Waals surface area (Å²) in [6, 6.07) is 7.80. The lowest BCUT2D eigenvalue weighted by Crippen LogP contribution is -2.25. The molecule has 3 heterocycles. The van der Waals surface area contributed by atoms with Gasteiger partial charge in [0.25, 0.3) is 0 Å². The molecule has 0 bridgehead atoms. The molecule has 0 saturated carbocycles. The quantitative estimate of drug-likeness (QED) is 0.561. The van der Waals surface area contributed by atoms with E-state index in [-0.39, 0.29) is 0 Å². The molecule has 7 nitrogen and oxygen atoms in total. The van der Waals surface area contributed by atoms with Crippen LogP contribution >= 0.6 is 0 Å². The Hall–Kier alpha value is -3.19. The lowest BCUT2D eigenvalue weighted by Gasteiger charge is -2.18. The summed E-state index contributed by atoms with van der Waals surface area (Å²) in [4.78, 5) is 9.75. The SMILES string of the molecule is COc1cc(-n2cccn2)ccc1-c1nc2c(C)cn(CC(C)(C)O)c2nc1C. The molecule has 0 fully saturated rings. The summed E-state index contributed by atoms with van der Waals surface area (Å²) >= 11 is 0. The maximum atomic E-state index is 10.2. The number of nitrogens with zero attached hydrogens (tertiary/aromatic N) is 5. The van der Waals surface area contributed by atoms with E-state index in [1.807, 2.05) is 55.1 Å². The summed E-state index contributed by atoms with van der Waals surface area (Å²) in [7, 11) is 1.65. The number of aliphatic hydroxyl groups is 1. The first-order chi connectivity index (χ1) is 13.8. The molecule has 7 heteroatoms. The second-order valence-electron chi connectivity index (χ2n) is 7.92. The Bertz CT molecular complexity index is 1170. The van der Waals surface area contributed by atoms with Crippen molar-refractivity contribution in [3.05, 3.63) is 54.1 Å².